The molecule has 39 heavy (non-hydrogen) atoms. The summed E-state index contributed by atoms with van der Waals surface area (Å²) in [6.07, 6.45) is 1.82. The highest BCUT2D eigenvalue weighted by molar-refractivity contribution is 5.97. The average molecular weight is 539 g/mol. The van der Waals surface area contributed by atoms with Crippen molar-refractivity contribution in [3.05, 3.63) is 48.0 Å². The highest BCUT2D eigenvalue weighted by Gasteiger charge is 2.39. The number of rotatable bonds is 10. The zero-order chi connectivity index (χ0) is 28.6. The minimum atomic E-state index is -1.08. The number of fused-ring (bicyclic) bond motifs is 1. The van der Waals surface area contributed by atoms with Crippen molar-refractivity contribution in [1.82, 2.24) is 15.5 Å². The second kappa shape index (κ2) is 13.1. The van der Waals surface area contributed by atoms with Gasteiger partial charge in [0.15, 0.2) is 5.96 Å². The number of guanidine groups is 1. The Kier molecular flexibility index (Phi) is 9.86. The molecule has 1 heterocycles. The molecule has 1 aliphatic heterocycles. The Morgan fingerprint density at radius 3 is 2.54 bits per heavy atom. The van der Waals surface area contributed by atoms with E-state index in [2.05, 4.69) is 15.6 Å². The van der Waals surface area contributed by atoms with Crippen LogP contribution in [-0.4, -0.2) is 65.8 Å². The summed E-state index contributed by atoms with van der Waals surface area (Å²) in [7, 11) is 0. The van der Waals surface area contributed by atoms with Gasteiger partial charge in [-0.3, -0.25) is 14.6 Å². The van der Waals surface area contributed by atoms with Gasteiger partial charge in [-0.2, -0.15) is 0 Å². The standard InChI is InChI=1S/C28H38N6O5/c1-28(2,3)39-27(38)33-23(21-13-6-10-18-9-4-5-12-20(18)21)25(37)34-16-8-14-22(34)24(36)32-19(17-35)11-7-15-31-26(29)30/h4-6,9-10,12-13,17,19,22-23H,7-8,11,14-16H2,1-3H3,(H,32,36)(H,33,38)(H4,29,30,31)/t19-,22-,23+/m0/s1. The summed E-state index contributed by atoms with van der Waals surface area (Å²) >= 11 is 0. The number of nitrogens with one attached hydrogen (secondary N) is 2. The summed E-state index contributed by atoms with van der Waals surface area (Å²) < 4.78 is 5.45. The summed E-state index contributed by atoms with van der Waals surface area (Å²) in [5, 5.41) is 7.19. The van der Waals surface area contributed by atoms with Crippen LogP contribution in [0.3, 0.4) is 0 Å². The second-order valence-corrected chi connectivity index (χ2v) is 10.5. The first-order chi connectivity index (χ1) is 18.5. The van der Waals surface area contributed by atoms with Crippen molar-refractivity contribution < 1.29 is 23.9 Å². The van der Waals surface area contributed by atoms with Gasteiger partial charge in [0, 0.05) is 13.1 Å². The van der Waals surface area contributed by atoms with Crippen LogP contribution >= 0.6 is 0 Å². The molecule has 0 aromatic heterocycles. The van der Waals surface area contributed by atoms with E-state index in [1.54, 1.807) is 26.8 Å². The fourth-order valence-corrected chi connectivity index (χ4v) is 4.64. The summed E-state index contributed by atoms with van der Waals surface area (Å²) in [5.41, 5.74) is 10.5. The predicted molar refractivity (Wildman–Crippen MR) is 149 cm³/mol. The van der Waals surface area contributed by atoms with E-state index in [1.165, 1.54) is 4.90 Å². The minimum absolute atomic E-state index is 0.0393. The third kappa shape index (κ3) is 8.17. The molecule has 2 aromatic carbocycles. The molecule has 3 rings (SSSR count). The van der Waals surface area contributed by atoms with Crippen molar-refractivity contribution >= 4 is 40.9 Å². The first kappa shape index (κ1) is 29.4. The lowest BCUT2D eigenvalue weighted by molar-refractivity contribution is -0.140. The molecule has 3 amide bonds. The van der Waals surface area contributed by atoms with Gasteiger partial charge in [0.25, 0.3) is 5.91 Å². The Morgan fingerprint density at radius 2 is 1.85 bits per heavy atom. The normalized spacial score (nSPS) is 16.7. The van der Waals surface area contributed by atoms with Crippen molar-refractivity contribution in [3.63, 3.8) is 0 Å². The van der Waals surface area contributed by atoms with Crippen LogP contribution in [0, 0.1) is 0 Å². The molecule has 2 aromatic rings. The molecule has 1 saturated heterocycles. The molecule has 0 saturated carbocycles. The van der Waals surface area contributed by atoms with Gasteiger partial charge in [-0.1, -0.05) is 42.5 Å². The van der Waals surface area contributed by atoms with Gasteiger partial charge in [-0.05, 0) is 62.8 Å². The van der Waals surface area contributed by atoms with Crippen LogP contribution in [0.15, 0.2) is 47.5 Å². The van der Waals surface area contributed by atoms with Crippen molar-refractivity contribution in [2.75, 3.05) is 13.1 Å². The highest BCUT2D eigenvalue weighted by Crippen LogP contribution is 2.29. The molecule has 0 aliphatic carbocycles. The Morgan fingerprint density at radius 1 is 1.13 bits per heavy atom. The molecule has 1 fully saturated rings. The SMILES string of the molecule is CC(C)(C)OC(=O)N[C@@H](C(=O)N1CCC[C@H]1C(=O)N[C@H](C=O)CCCN=C(N)N)c1cccc2ccccc12. The van der Waals surface area contributed by atoms with Crippen molar-refractivity contribution in [3.8, 4) is 0 Å². The largest absolute Gasteiger partial charge is 0.444 e. The van der Waals surface area contributed by atoms with Crippen LogP contribution in [-0.2, 0) is 19.1 Å². The smallest absolute Gasteiger partial charge is 0.408 e. The maximum Gasteiger partial charge on any atom is 0.408 e. The van der Waals surface area contributed by atoms with Crippen LogP contribution in [0.4, 0.5) is 4.79 Å². The number of carbonyl (C=O) groups is 4. The van der Waals surface area contributed by atoms with Gasteiger partial charge in [0.1, 0.15) is 24.0 Å². The van der Waals surface area contributed by atoms with Gasteiger partial charge >= 0.3 is 6.09 Å². The quantitative estimate of drug-likeness (QED) is 0.155. The molecule has 0 radical (unpaired) electrons. The number of ether oxygens (including phenoxy) is 1. The summed E-state index contributed by atoms with van der Waals surface area (Å²) in [6.45, 7) is 5.89. The number of hydrogen-bond donors (Lipinski definition) is 4. The maximum absolute atomic E-state index is 14.0. The first-order valence-electron chi connectivity index (χ1n) is 13.1. The van der Waals surface area contributed by atoms with E-state index in [4.69, 9.17) is 16.2 Å². The lowest BCUT2D eigenvalue weighted by Gasteiger charge is -2.30. The van der Waals surface area contributed by atoms with Gasteiger partial charge in [0.2, 0.25) is 5.91 Å². The summed E-state index contributed by atoms with van der Waals surface area (Å²) in [5.74, 6) is -0.887. The van der Waals surface area contributed by atoms with Gasteiger partial charge < -0.3 is 36.5 Å². The van der Waals surface area contributed by atoms with E-state index >= 15 is 0 Å². The number of carbonyl (C=O) groups excluding carboxylic acids is 4. The number of likely N-dealkylation sites (tertiary alicyclic amines) is 1. The van der Waals surface area contributed by atoms with Crippen molar-refractivity contribution in [2.45, 2.75) is 70.2 Å². The van der Waals surface area contributed by atoms with Crippen LogP contribution in [0.25, 0.3) is 10.8 Å². The van der Waals surface area contributed by atoms with E-state index in [1.807, 2.05) is 36.4 Å². The molecule has 6 N–H and O–H groups in total. The molecule has 210 valence electrons. The fraction of sp³-hybridized carbons (Fsp3) is 0.464. The number of nitrogens with zero attached hydrogens (tertiary/aromatic N) is 2. The monoisotopic (exact) mass is 538 g/mol. The molecular formula is C28H38N6O5. The number of aliphatic imine (C=N–C) groups is 1. The molecular weight excluding hydrogens is 500 g/mol. The number of amides is 3. The Bertz CT molecular complexity index is 1220. The van der Waals surface area contributed by atoms with E-state index in [0.717, 1.165) is 10.8 Å². The number of alkyl carbamates (subject to hydrolysis) is 1. The predicted octanol–water partition coefficient (Wildman–Crippen LogP) is 2.13. The van der Waals surface area contributed by atoms with Crippen LogP contribution in [0.1, 0.15) is 58.1 Å². The van der Waals surface area contributed by atoms with E-state index in [9.17, 15) is 19.2 Å². The fourth-order valence-electron chi connectivity index (χ4n) is 4.64. The third-order valence-corrected chi connectivity index (χ3v) is 6.34. The van der Waals surface area contributed by atoms with E-state index in [-0.39, 0.29) is 5.96 Å². The number of benzene rings is 2. The number of aldehydes is 1. The summed E-state index contributed by atoms with van der Waals surface area (Å²) in [6, 6.07) is 10.5. The topological polar surface area (TPSA) is 169 Å². The lowest BCUT2D eigenvalue weighted by atomic mass is 9.97. The first-order valence-corrected chi connectivity index (χ1v) is 13.1. The molecule has 0 spiro atoms. The third-order valence-electron chi connectivity index (χ3n) is 6.34. The van der Waals surface area contributed by atoms with E-state index < -0.39 is 41.6 Å². The molecule has 11 heteroatoms. The zero-order valence-electron chi connectivity index (χ0n) is 22.7. The highest BCUT2D eigenvalue weighted by atomic mass is 16.6. The summed E-state index contributed by atoms with van der Waals surface area (Å²) in [4.78, 5) is 57.0. The average Bonchev–Trinajstić information content (AvgIpc) is 3.37. The van der Waals surface area contributed by atoms with Gasteiger partial charge in [-0.15, -0.1) is 0 Å². The van der Waals surface area contributed by atoms with Crippen LogP contribution in [0.5, 0.6) is 0 Å². The van der Waals surface area contributed by atoms with Crippen molar-refractivity contribution in [2.24, 2.45) is 16.5 Å². The number of hydrogen-bond acceptors (Lipinski definition) is 6. The van der Waals surface area contributed by atoms with Crippen molar-refractivity contribution in [1.29, 1.82) is 0 Å². The Balaban J connectivity index is 1.83. The van der Waals surface area contributed by atoms with Crippen LogP contribution in [0.2, 0.25) is 0 Å². The van der Waals surface area contributed by atoms with Gasteiger partial charge in [-0.25, -0.2) is 4.79 Å². The van der Waals surface area contributed by atoms with Gasteiger partial charge in [0.05, 0.1) is 6.04 Å². The molecule has 3 atom stereocenters. The molecule has 0 unspecified atom stereocenters. The second-order valence-electron chi connectivity index (χ2n) is 10.5. The Labute approximate surface area is 228 Å². The maximum atomic E-state index is 14.0. The zero-order valence-corrected chi connectivity index (χ0v) is 22.7. The molecule has 0 bridgehead atoms. The molecule has 11 nitrogen and oxygen atoms in total. The van der Waals surface area contributed by atoms with Crippen LogP contribution < -0.4 is 22.1 Å². The Hall–Kier alpha value is -4.15. The number of nitrogens with two attached hydrogens (primary N) is 2. The lowest BCUT2D eigenvalue weighted by Crippen LogP contribution is -2.52. The van der Waals surface area contributed by atoms with E-state index in [0.29, 0.717) is 50.6 Å². The minimum Gasteiger partial charge on any atom is -0.444 e. The molecule has 1 aliphatic rings.